The van der Waals surface area contributed by atoms with E-state index in [1.54, 1.807) is 27.8 Å². The molecule has 4 aromatic rings. The predicted molar refractivity (Wildman–Crippen MR) is 287 cm³/mol. The van der Waals surface area contributed by atoms with Gasteiger partial charge in [-0.2, -0.15) is 0 Å². The molecule has 0 saturated heterocycles. The topological polar surface area (TPSA) is 44.0 Å². The van der Waals surface area contributed by atoms with E-state index >= 15 is 0 Å². The molecule has 7 atom stereocenters. The molecule has 1 aromatic carbocycles. The van der Waals surface area contributed by atoms with Crippen molar-refractivity contribution in [1.29, 1.82) is 0 Å². The summed E-state index contributed by atoms with van der Waals surface area (Å²) in [4.78, 5) is 0. The molecule has 0 spiro atoms. The molecular formula is C43H63B4IKN5P4. The Balaban J connectivity index is 1.60. The number of nitrogens with zero attached hydrogens (tertiary/aromatic N) is 4. The molecule has 15 heteroatoms. The fourth-order valence-corrected chi connectivity index (χ4v) is 19.4. The van der Waals surface area contributed by atoms with Crippen LogP contribution in [0.4, 0.5) is 5.69 Å². The quantitative estimate of drug-likeness (QED) is 0.0798. The molecule has 0 radical (unpaired) electrons. The number of hydrogen-bond acceptors (Lipinski definition) is 2. The summed E-state index contributed by atoms with van der Waals surface area (Å²) in [6.07, 6.45) is 11.4. The molecule has 1 aliphatic heterocycles. The number of nitrogen functional groups attached to an aromatic ring is 1. The van der Waals surface area contributed by atoms with Gasteiger partial charge >= 0.3 is 414 Å². The van der Waals surface area contributed by atoms with Crippen LogP contribution in [0.15, 0.2) is 44.5 Å². The van der Waals surface area contributed by atoms with Crippen molar-refractivity contribution in [3.63, 3.8) is 0 Å². The fourth-order valence-electron chi connectivity index (χ4n) is 9.06. The second kappa shape index (κ2) is 19.5. The molecule has 0 amide bonds. The molecule has 58 heavy (non-hydrogen) atoms. The van der Waals surface area contributed by atoms with Crippen molar-refractivity contribution in [3.05, 3.63) is 106 Å². The number of nitrogens with two attached hydrogens (primary N) is 1. The molecule has 5 nitrogen and oxygen atoms in total. The third-order valence-corrected chi connectivity index (χ3v) is 24.2. The number of benzene rings is 1. The molecule has 4 heterocycles. The van der Waals surface area contributed by atoms with Crippen LogP contribution in [0.1, 0.15) is 82.4 Å². The van der Waals surface area contributed by atoms with Gasteiger partial charge in [-0.15, -0.1) is 0 Å². The summed E-state index contributed by atoms with van der Waals surface area (Å²) in [7, 11) is 11.9. The minimum absolute atomic E-state index is 0.465. The number of anilines is 1. The number of allylic oxidation sites excluding steroid dienone is 5. The van der Waals surface area contributed by atoms with Crippen LogP contribution in [0.3, 0.4) is 0 Å². The van der Waals surface area contributed by atoms with Crippen LogP contribution in [0, 0.1) is 67.2 Å². The van der Waals surface area contributed by atoms with Crippen molar-refractivity contribution >= 4 is 166 Å². The van der Waals surface area contributed by atoms with E-state index in [9.17, 15) is 0 Å². The molecule has 0 fully saturated rings. The molecule has 1 aliphatic carbocycles. The number of aromatic nitrogens is 3. The maximum absolute atomic E-state index is 7.52. The summed E-state index contributed by atoms with van der Waals surface area (Å²) in [5.74, 6) is 1.08. The van der Waals surface area contributed by atoms with Crippen LogP contribution in [0.2, 0.25) is 0.0125 Å². The summed E-state index contributed by atoms with van der Waals surface area (Å²) >= 11 is 3.40. The first-order valence-corrected chi connectivity index (χ1v) is 28.6. The Kier molecular flexibility index (Phi) is 16.1. The van der Waals surface area contributed by atoms with Crippen molar-refractivity contribution < 1.29 is 0 Å². The zero-order valence-electron chi connectivity index (χ0n) is 38.2. The zero-order chi connectivity index (χ0) is 42.7. The molecule has 3 aromatic heterocycles. The Bertz CT molecular complexity index is 2380. The van der Waals surface area contributed by atoms with Crippen LogP contribution in [-0.4, -0.2) is 117 Å². The van der Waals surface area contributed by atoms with Crippen LogP contribution >= 0.6 is 57.5 Å². The van der Waals surface area contributed by atoms with Gasteiger partial charge in [0.05, 0.1) is 0 Å². The number of halogens is 1. The van der Waals surface area contributed by atoms with Gasteiger partial charge in [-0.05, 0) is 0 Å². The molecule has 6 rings (SSSR count). The van der Waals surface area contributed by atoms with Crippen LogP contribution < -0.4 is 22.1 Å². The van der Waals surface area contributed by atoms with E-state index in [2.05, 4.69) is 166 Å². The van der Waals surface area contributed by atoms with E-state index < -0.39 is 0 Å². The third-order valence-electron chi connectivity index (χ3n) is 14.6. The average Bonchev–Trinajstić information content (AvgIpc) is 3.79. The van der Waals surface area contributed by atoms with Crippen molar-refractivity contribution in [2.45, 2.75) is 88.5 Å². The predicted octanol–water partition coefficient (Wildman–Crippen LogP) is 5.80. The van der Waals surface area contributed by atoms with Gasteiger partial charge < -0.3 is 0 Å². The summed E-state index contributed by atoms with van der Waals surface area (Å²) in [6, 6.07) is 0. The summed E-state index contributed by atoms with van der Waals surface area (Å²) in [6.45, 7) is 26.8. The monoisotopic (exact) mass is 983 g/mol. The van der Waals surface area contributed by atoms with E-state index in [0.29, 0.717) is 95.7 Å². The standard InChI is InChI=1S/C43H63B4IN5P4.K/c1-21-12-32(17-54-50-13-22(2)38(44)28(50)8)36(34(42(21)48)19-56-52-15-24(4)40(46)30(52)10)37-33(18-55-51-14-23(3)39(45)29(51)9)26(6)27(7)43(49)35(37)20-57-53-16-25(5)41(47)31(53)11;/h12-13,15-16,23,32,54-57H,14,17-20,44-47,49H2,1-11H3;. The Morgan fingerprint density at radius 3 is 1.66 bits per heavy atom. The molecule has 0 bridgehead atoms. The van der Waals surface area contributed by atoms with Gasteiger partial charge in [-0.1, -0.05) is 0 Å². The van der Waals surface area contributed by atoms with E-state index in [1.165, 1.54) is 87.9 Å². The van der Waals surface area contributed by atoms with Crippen LogP contribution in [-0.2, 0) is 12.3 Å². The number of hydrogen-bond donors (Lipinski definition) is 1. The third kappa shape index (κ3) is 9.24. The van der Waals surface area contributed by atoms with Gasteiger partial charge in [-0.25, -0.2) is 0 Å². The first-order valence-electron chi connectivity index (χ1n) is 21.1. The van der Waals surface area contributed by atoms with Crippen molar-refractivity contribution in [3.8, 4) is 0 Å². The molecule has 2 N–H and O–H groups in total. The molecule has 300 valence electrons. The van der Waals surface area contributed by atoms with Gasteiger partial charge in [0.1, 0.15) is 0 Å². The normalized spacial score (nSPS) is 19.7. The SMILES string of the molecule is BC1=C(C)N(PCc2c(C)c(C)c(N)c(CPn3cc(C)c(B)c3C)c2C2=C(CPn3cc(C)c(B)c3C)C(I)=C(C)[CH]([K])C2CPn2cc(C)c(B)c2C)CC1C. The van der Waals surface area contributed by atoms with E-state index in [4.69, 9.17) is 5.73 Å². The first-order chi connectivity index (χ1) is 27.3. The van der Waals surface area contributed by atoms with Crippen molar-refractivity contribution in [1.82, 2.24) is 17.7 Å². The number of rotatable bonds is 13. The second-order valence-electron chi connectivity index (χ2n) is 17.6. The molecule has 0 saturated carbocycles. The molecular weight excluding hydrogens is 920 g/mol. The fraction of sp³-hybridized carbons (Fsp3) is 0.442. The Morgan fingerprint density at radius 2 is 1.19 bits per heavy atom. The van der Waals surface area contributed by atoms with E-state index in [0.717, 1.165) is 30.7 Å². The average molecular weight is 983 g/mol. The van der Waals surface area contributed by atoms with Crippen LogP contribution in [0.25, 0.3) is 5.57 Å². The Labute approximate surface area is 409 Å². The summed E-state index contributed by atoms with van der Waals surface area (Å²) in [5.41, 5.74) is 36.3. The second-order valence-corrected chi connectivity index (χ2v) is 25.3. The Morgan fingerprint density at radius 1 is 0.707 bits per heavy atom. The zero-order valence-corrected chi connectivity index (χ0v) is 47.5. The van der Waals surface area contributed by atoms with E-state index in [1.807, 2.05) is 0 Å². The van der Waals surface area contributed by atoms with Gasteiger partial charge in [0.25, 0.3) is 0 Å². The number of aryl methyl sites for hydroxylation is 3. The first kappa shape index (κ1) is 47.7. The van der Waals surface area contributed by atoms with Crippen molar-refractivity contribution in [2.24, 2.45) is 11.8 Å². The van der Waals surface area contributed by atoms with Gasteiger partial charge in [-0.3, -0.25) is 0 Å². The molecule has 7 unspecified atom stereocenters. The maximum atomic E-state index is 7.52. The Hall–Kier alpha value is 0.226. The van der Waals surface area contributed by atoms with Crippen LogP contribution in [0.5, 0.6) is 0 Å². The van der Waals surface area contributed by atoms with Gasteiger partial charge in [0.15, 0.2) is 0 Å². The summed E-state index contributed by atoms with van der Waals surface area (Å²) in [5, 5.41) is 0. The van der Waals surface area contributed by atoms with E-state index in [-0.39, 0.29) is 0 Å². The molecule has 2 aliphatic rings. The summed E-state index contributed by atoms with van der Waals surface area (Å²) < 4.78 is 12.5. The van der Waals surface area contributed by atoms with Crippen molar-refractivity contribution in [2.75, 3.05) is 24.6 Å². The van der Waals surface area contributed by atoms with Gasteiger partial charge in [0.2, 0.25) is 0 Å². The minimum atomic E-state index is 0.465. The van der Waals surface area contributed by atoms with Gasteiger partial charge in [0, 0.05) is 0 Å².